The Balaban J connectivity index is 2.09. The molecule has 0 saturated carbocycles. The third-order valence-corrected chi connectivity index (χ3v) is 4.72. The van der Waals surface area contributed by atoms with E-state index in [1.807, 2.05) is 30.3 Å². The van der Waals surface area contributed by atoms with Gasteiger partial charge in [-0.15, -0.1) is 0 Å². The standard InChI is InChI=1S/C23H24F2N2O/c1-15(2)11-12-26-23(28)19-14-22(17-7-5-4-6-8-17)27(16(19)3)21-10-9-18(24)13-20(21)25/h4-10,13-15H,11-12H2,1-3H3,(H,26,28). The maximum absolute atomic E-state index is 14.6. The number of carbonyl (C=O) groups is 1. The normalized spacial score (nSPS) is 11.1. The number of nitrogens with one attached hydrogen (secondary N) is 1. The van der Waals surface area contributed by atoms with Gasteiger partial charge in [-0.1, -0.05) is 44.2 Å². The Bertz CT molecular complexity index is 978. The van der Waals surface area contributed by atoms with E-state index in [4.69, 9.17) is 0 Å². The third kappa shape index (κ3) is 4.14. The van der Waals surface area contributed by atoms with E-state index in [1.165, 1.54) is 12.1 Å². The van der Waals surface area contributed by atoms with Crippen LogP contribution in [0.5, 0.6) is 0 Å². The number of aromatic nitrogens is 1. The summed E-state index contributed by atoms with van der Waals surface area (Å²) in [5, 5.41) is 2.93. The van der Waals surface area contributed by atoms with Crippen LogP contribution in [0, 0.1) is 24.5 Å². The molecule has 0 spiro atoms. The highest BCUT2D eigenvalue weighted by Gasteiger charge is 2.21. The highest BCUT2D eigenvalue weighted by atomic mass is 19.1. The SMILES string of the molecule is Cc1c(C(=O)NCCC(C)C)cc(-c2ccccc2)n1-c1ccc(F)cc1F. The largest absolute Gasteiger partial charge is 0.352 e. The number of benzene rings is 2. The van der Waals surface area contributed by atoms with Crippen molar-refractivity contribution in [3.05, 3.63) is 77.5 Å². The fourth-order valence-electron chi connectivity index (χ4n) is 3.20. The van der Waals surface area contributed by atoms with Gasteiger partial charge in [-0.05, 0) is 43.0 Å². The summed E-state index contributed by atoms with van der Waals surface area (Å²) >= 11 is 0. The van der Waals surface area contributed by atoms with E-state index < -0.39 is 11.6 Å². The Morgan fingerprint density at radius 1 is 1.07 bits per heavy atom. The lowest BCUT2D eigenvalue weighted by Gasteiger charge is -2.13. The molecule has 0 fully saturated rings. The van der Waals surface area contributed by atoms with E-state index in [1.54, 1.807) is 17.6 Å². The van der Waals surface area contributed by atoms with Crippen molar-refractivity contribution < 1.29 is 13.6 Å². The molecule has 1 aromatic heterocycles. The van der Waals surface area contributed by atoms with Crippen molar-refractivity contribution in [3.63, 3.8) is 0 Å². The lowest BCUT2D eigenvalue weighted by atomic mass is 10.1. The molecule has 0 aliphatic carbocycles. The van der Waals surface area contributed by atoms with Crippen LogP contribution in [0.1, 0.15) is 36.3 Å². The fraction of sp³-hybridized carbons (Fsp3) is 0.261. The van der Waals surface area contributed by atoms with Crippen LogP contribution in [0.3, 0.4) is 0 Å². The zero-order valence-electron chi connectivity index (χ0n) is 16.3. The molecule has 0 bridgehead atoms. The van der Waals surface area contributed by atoms with Gasteiger partial charge in [-0.2, -0.15) is 0 Å². The highest BCUT2D eigenvalue weighted by Crippen LogP contribution is 2.30. The summed E-state index contributed by atoms with van der Waals surface area (Å²) in [4.78, 5) is 12.7. The average molecular weight is 382 g/mol. The number of hydrogen-bond donors (Lipinski definition) is 1. The van der Waals surface area contributed by atoms with E-state index in [0.717, 1.165) is 18.1 Å². The molecule has 0 radical (unpaired) electrons. The molecule has 0 aliphatic rings. The molecular weight excluding hydrogens is 358 g/mol. The van der Waals surface area contributed by atoms with Crippen molar-refractivity contribution >= 4 is 5.91 Å². The van der Waals surface area contributed by atoms with Gasteiger partial charge in [0.1, 0.15) is 11.6 Å². The molecule has 0 saturated heterocycles. The first-order chi connectivity index (χ1) is 13.4. The Morgan fingerprint density at radius 3 is 2.43 bits per heavy atom. The van der Waals surface area contributed by atoms with Crippen molar-refractivity contribution in [2.45, 2.75) is 27.2 Å². The van der Waals surface area contributed by atoms with Crippen LogP contribution >= 0.6 is 0 Å². The van der Waals surface area contributed by atoms with Gasteiger partial charge < -0.3 is 9.88 Å². The smallest absolute Gasteiger partial charge is 0.253 e. The third-order valence-electron chi connectivity index (χ3n) is 4.72. The van der Waals surface area contributed by atoms with E-state index in [2.05, 4.69) is 19.2 Å². The minimum absolute atomic E-state index is 0.198. The number of carbonyl (C=O) groups excluding carboxylic acids is 1. The highest BCUT2D eigenvalue weighted by molar-refractivity contribution is 5.97. The van der Waals surface area contributed by atoms with Crippen LogP contribution < -0.4 is 5.32 Å². The maximum Gasteiger partial charge on any atom is 0.253 e. The Morgan fingerprint density at radius 2 is 1.79 bits per heavy atom. The molecule has 146 valence electrons. The van der Waals surface area contributed by atoms with Crippen molar-refractivity contribution in [3.8, 4) is 16.9 Å². The van der Waals surface area contributed by atoms with Crippen LogP contribution in [-0.2, 0) is 0 Å². The van der Waals surface area contributed by atoms with E-state index in [-0.39, 0.29) is 11.6 Å². The summed E-state index contributed by atoms with van der Waals surface area (Å²) in [5.41, 5.74) is 2.81. The van der Waals surface area contributed by atoms with Crippen molar-refractivity contribution in [2.24, 2.45) is 5.92 Å². The van der Waals surface area contributed by atoms with E-state index in [0.29, 0.717) is 29.4 Å². The molecule has 28 heavy (non-hydrogen) atoms. The summed E-state index contributed by atoms with van der Waals surface area (Å²) in [5.74, 6) is -1.03. The van der Waals surface area contributed by atoms with Crippen molar-refractivity contribution in [2.75, 3.05) is 6.54 Å². The average Bonchev–Trinajstić information content (AvgIpc) is 2.99. The van der Waals surface area contributed by atoms with Gasteiger partial charge in [-0.25, -0.2) is 8.78 Å². The molecule has 0 atom stereocenters. The summed E-state index contributed by atoms with van der Waals surface area (Å²) < 4.78 is 29.6. The summed E-state index contributed by atoms with van der Waals surface area (Å²) in [6, 6.07) is 14.7. The summed E-state index contributed by atoms with van der Waals surface area (Å²) in [7, 11) is 0. The zero-order chi connectivity index (χ0) is 20.3. The molecule has 1 heterocycles. The predicted octanol–water partition coefficient (Wildman–Crippen LogP) is 5.51. The molecule has 0 aliphatic heterocycles. The van der Waals surface area contributed by atoms with Crippen LogP contribution in [0.25, 0.3) is 16.9 Å². The van der Waals surface area contributed by atoms with Gasteiger partial charge in [-0.3, -0.25) is 4.79 Å². The van der Waals surface area contributed by atoms with Crippen LogP contribution in [0.4, 0.5) is 8.78 Å². The summed E-state index contributed by atoms with van der Waals surface area (Å²) in [6.07, 6.45) is 0.879. The molecule has 3 aromatic rings. The number of hydrogen-bond acceptors (Lipinski definition) is 1. The Labute approximate surface area is 164 Å². The van der Waals surface area contributed by atoms with Gasteiger partial charge >= 0.3 is 0 Å². The molecule has 3 nitrogen and oxygen atoms in total. The van der Waals surface area contributed by atoms with Gasteiger partial charge in [0.05, 0.1) is 16.9 Å². The minimum atomic E-state index is -0.678. The van der Waals surface area contributed by atoms with Gasteiger partial charge in [0.25, 0.3) is 5.91 Å². The monoisotopic (exact) mass is 382 g/mol. The lowest BCUT2D eigenvalue weighted by Crippen LogP contribution is -2.25. The summed E-state index contributed by atoms with van der Waals surface area (Å²) in [6.45, 7) is 6.54. The zero-order valence-corrected chi connectivity index (χ0v) is 16.3. The van der Waals surface area contributed by atoms with Crippen LogP contribution in [0.15, 0.2) is 54.6 Å². The van der Waals surface area contributed by atoms with Crippen molar-refractivity contribution in [1.29, 1.82) is 0 Å². The lowest BCUT2D eigenvalue weighted by molar-refractivity contribution is 0.0951. The molecule has 2 aromatic carbocycles. The first kappa shape index (κ1) is 19.8. The maximum atomic E-state index is 14.6. The molecule has 0 unspecified atom stereocenters. The van der Waals surface area contributed by atoms with Crippen LogP contribution in [0.2, 0.25) is 0 Å². The topological polar surface area (TPSA) is 34.0 Å². The first-order valence-electron chi connectivity index (χ1n) is 9.40. The first-order valence-corrected chi connectivity index (χ1v) is 9.40. The minimum Gasteiger partial charge on any atom is -0.352 e. The fourth-order valence-corrected chi connectivity index (χ4v) is 3.20. The Kier molecular flexibility index (Phi) is 5.93. The van der Waals surface area contributed by atoms with Gasteiger partial charge in [0.15, 0.2) is 0 Å². The van der Waals surface area contributed by atoms with E-state index >= 15 is 0 Å². The molecule has 1 N–H and O–H groups in total. The second-order valence-corrected chi connectivity index (χ2v) is 7.26. The number of amides is 1. The quantitative estimate of drug-likeness (QED) is 0.599. The Hall–Kier alpha value is -2.95. The number of nitrogens with zero attached hydrogens (tertiary/aromatic N) is 1. The number of halogens is 2. The molecule has 1 amide bonds. The van der Waals surface area contributed by atoms with E-state index in [9.17, 15) is 13.6 Å². The van der Waals surface area contributed by atoms with Gasteiger partial charge in [0, 0.05) is 18.3 Å². The second-order valence-electron chi connectivity index (χ2n) is 7.26. The van der Waals surface area contributed by atoms with Crippen LogP contribution in [-0.4, -0.2) is 17.0 Å². The molecule has 5 heteroatoms. The van der Waals surface area contributed by atoms with Crippen molar-refractivity contribution in [1.82, 2.24) is 9.88 Å². The predicted molar refractivity (Wildman–Crippen MR) is 108 cm³/mol. The van der Waals surface area contributed by atoms with Gasteiger partial charge in [0.2, 0.25) is 0 Å². The molecular formula is C23H24F2N2O. The number of rotatable bonds is 6. The second kappa shape index (κ2) is 8.38. The molecule has 3 rings (SSSR count).